The number of hydrogen-bond acceptors (Lipinski definition) is 5. The van der Waals surface area contributed by atoms with Crippen LogP contribution in [0.15, 0.2) is 17.4 Å². The van der Waals surface area contributed by atoms with Gasteiger partial charge in [0.2, 0.25) is 0 Å². The number of nitrogens with zero attached hydrogens (tertiary/aromatic N) is 3. The molecule has 0 saturated carbocycles. The molecule has 1 rings (SSSR count). The SMILES string of the molecule is CCNC(=NCC(C)(O)c1cnn(C)c1)NCCCCCCC(=O)OCC. The van der Waals surface area contributed by atoms with Crippen molar-refractivity contribution >= 4 is 11.9 Å². The van der Waals surface area contributed by atoms with Gasteiger partial charge in [0.05, 0.1) is 19.3 Å². The molecule has 8 nitrogen and oxygen atoms in total. The molecule has 1 heterocycles. The van der Waals surface area contributed by atoms with Gasteiger partial charge in [-0.25, -0.2) is 4.99 Å². The smallest absolute Gasteiger partial charge is 0.305 e. The van der Waals surface area contributed by atoms with Crippen molar-refractivity contribution in [1.29, 1.82) is 0 Å². The van der Waals surface area contributed by atoms with Gasteiger partial charge in [0.25, 0.3) is 0 Å². The van der Waals surface area contributed by atoms with Gasteiger partial charge in [-0.2, -0.15) is 5.10 Å². The van der Waals surface area contributed by atoms with E-state index in [0.717, 1.165) is 44.3 Å². The second-order valence-corrected chi connectivity index (χ2v) is 6.77. The molecule has 0 aromatic carbocycles. The maximum absolute atomic E-state index is 11.3. The molecule has 0 aliphatic carbocycles. The van der Waals surface area contributed by atoms with Crippen LogP contribution in [0, 0.1) is 0 Å². The fourth-order valence-electron chi connectivity index (χ4n) is 2.55. The number of esters is 1. The van der Waals surface area contributed by atoms with Gasteiger partial charge >= 0.3 is 5.97 Å². The Hall–Kier alpha value is -2.09. The first-order chi connectivity index (χ1) is 12.9. The highest BCUT2D eigenvalue weighted by molar-refractivity contribution is 5.79. The van der Waals surface area contributed by atoms with Crippen LogP contribution in [0.2, 0.25) is 0 Å². The zero-order chi connectivity index (χ0) is 20.1. The number of unbranched alkanes of at least 4 members (excludes halogenated alkanes) is 3. The molecule has 1 aromatic heterocycles. The third-order valence-electron chi connectivity index (χ3n) is 4.12. The number of nitrogens with one attached hydrogen (secondary N) is 2. The van der Waals surface area contributed by atoms with Gasteiger partial charge < -0.3 is 20.5 Å². The summed E-state index contributed by atoms with van der Waals surface area (Å²) in [5.74, 6) is 0.575. The molecule has 3 N–H and O–H groups in total. The number of aryl methyl sites for hydroxylation is 1. The summed E-state index contributed by atoms with van der Waals surface area (Å²) in [6, 6.07) is 0. The molecular formula is C19H35N5O3. The highest BCUT2D eigenvalue weighted by Crippen LogP contribution is 2.19. The lowest BCUT2D eigenvalue weighted by atomic mass is 10.0. The highest BCUT2D eigenvalue weighted by Gasteiger charge is 2.24. The summed E-state index contributed by atoms with van der Waals surface area (Å²) in [5.41, 5.74) is -0.324. The molecule has 0 aliphatic heterocycles. The summed E-state index contributed by atoms with van der Waals surface area (Å²) in [4.78, 5) is 15.8. The van der Waals surface area contributed by atoms with E-state index in [-0.39, 0.29) is 12.5 Å². The van der Waals surface area contributed by atoms with E-state index in [0.29, 0.717) is 19.0 Å². The molecule has 1 atom stereocenters. The van der Waals surface area contributed by atoms with Gasteiger partial charge in [0.1, 0.15) is 5.60 Å². The summed E-state index contributed by atoms with van der Waals surface area (Å²) in [6.45, 7) is 7.80. The second kappa shape index (κ2) is 12.3. The number of carbonyl (C=O) groups is 1. The Balaban J connectivity index is 2.32. The molecule has 0 radical (unpaired) electrons. The zero-order valence-electron chi connectivity index (χ0n) is 17.1. The predicted molar refractivity (Wildman–Crippen MR) is 106 cm³/mol. The number of guanidine groups is 1. The van der Waals surface area contributed by atoms with E-state index in [2.05, 4.69) is 20.7 Å². The summed E-state index contributed by atoms with van der Waals surface area (Å²) in [6.07, 6.45) is 7.85. The predicted octanol–water partition coefficient (Wildman–Crippen LogP) is 1.70. The number of aliphatic hydroxyl groups is 1. The van der Waals surface area contributed by atoms with E-state index in [1.165, 1.54) is 0 Å². The highest BCUT2D eigenvalue weighted by atomic mass is 16.5. The Morgan fingerprint density at radius 2 is 2.04 bits per heavy atom. The van der Waals surface area contributed by atoms with Crippen LogP contribution >= 0.6 is 0 Å². The molecule has 8 heteroatoms. The number of carbonyl (C=O) groups excluding carboxylic acids is 1. The van der Waals surface area contributed by atoms with Gasteiger partial charge in [-0.15, -0.1) is 0 Å². The molecule has 0 aliphatic rings. The van der Waals surface area contributed by atoms with Gasteiger partial charge in [-0.1, -0.05) is 12.8 Å². The summed E-state index contributed by atoms with van der Waals surface area (Å²) >= 11 is 0. The maximum atomic E-state index is 11.3. The maximum Gasteiger partial charge on any atom is 0.305 e. The van der Waals surface area contributed by atoms with Crippen LogP contribution in [0.4, 0.5) is 0 Å². The van der Waals surface area contributed by atoms with Crippen molar-refractivity contribution in [3.05, 3.63) is 18.0 Å². The minimum absolute atomic E-state index is 0.113. The monoisotopic (exact) mass is 381 g/mol. The Labute approximate surface area is 162 Å². The van der Waals surface area contributed by atoms with Crippen molar-refractivity contribution in [3.8, 4) is 0 Å². The van der Waals surface area contributed by atoms with Crippen LogP contribution in [0.3, 0.4) is 0 Å². The van der Waals surface area contributed by atoms with E-state index >= 15 is 0 Å². The number of aromatic nitrogens is 2. The van der Waals surface area contributed by atoms with E-state index in [1.54, 1.807) is 24.0 Å². The molecule has 0 amide bonds. The fourth-order valence-corrected chi connectivity index (χ4v) is 2.55. The molecule has 0 bridgehead atoms. The number of rotatable bonds is 12. The molecule has 0 fully saturated rings. The molecule has 0 spiro atoms. The average Bonchev–Trinajstić information content (AvgIpc) is 3.06. The quantitative estimate of drug-likeness (QED) is 0.220. The third kappa shape index (κ3) is 9.42. The Kier molecular flexibility index (Phi) is 10.5. The largest absolute Gasteiger partial charge is 0.466 e. The number of aliphatic imine (C=N–C) groups is 1. The lowest BCUT2D eigenvalue weighted by Gasteiger charge is -2.20. The standard InChI is InChI=1S/C19H35N5O3/c1-5-20-18(21-12-10-8-7-9-11-17(25)27-6-2)22-15-19(3,26)16-13-23-24(4)14-16/h13-14,26H,5-12,15H2,1-4H3,(H2,20,21,22). The first kappa shape index (κ1) is 23.0. The van der Waals surface area contributed by atoms with Gasteiger partial charge in [0, 0.05) is 38.3 Å². The van der Waals surface area contributed by atoms with Crippen molar-refractivity contribution in [2.75, 3.05) is 26.2 Å². The van der Waals surface area contributed by atoms with Crippen LogP contribution in [0.5, 0.6) is 0 Å². The lowest BCUT2D eigenvalue weighted by molar-refractivity contribution is -0.143. The normalized spacial score (nSPS) is 13.9. The van der Waals surface area contributed by atoms with Gasteiger partial charge in [-0.3, -0.25) is 9.48 Å². The van der Waals surface area contributed by atoms with Crippen LogP contribution in [-0.2, 0) is 22.2 Å². The molecule has 0 saturated heterocycles. The van der Waals surface area contributed by atoms with Crippen molar-refractivity contribution < 1.29 is 14.6 Å². The Bertz CT molecular complexity index is 584. The molecule has 1 aromatic rings. The molecule has 1 unspecified atom stereocenters. The number of ether oxygens (including phenoxy) is 1. The van der Waals surface area contributed by atoms with Gasteiger partial charge in [0.15, 0.2) is 5.96 Å². The Morgan fingerprint density at radius 3 is 2.67 bits per heavy atom. The summed E-state index contributed by atoms with van der Waals surface area (Å²) < 4.78 is 6.58. The van der Waals surface area contributed by atoms with Crippen molar-refractivity contribution in [3.63, 3.8) is 0 Å². The van der Waals surface area contributed by atoms with E-state index in [9.17, 15) is 9.90 Å². The molecule has 154 valence electrons. The van der Waals surface area contributed by atoms with Crippen LogP contribution in [0.1, 0.15) is 58.4 Å². The second-order valence-electron chi connectivity index (χ2n) is 6.77. The van der Waals surface area contributed by atoms with Crippen LogP contribution in [0.25, 0.3) is 0 Å². The summed E-state index contributed by atoms with van der Waals surface area (Å²) in [5, 5.41) is 21.2. The Morgan fingerprint density at radius 1 is 1.30 bits per heavy atom. The van der Waals surface area contributed by atoms with Crippen LogP contribution in [-0.4, -0.2) is 53.1 Å². The fraction of sp³-hybridized carbons (Fsp3) is 0.737. The molecule has 27 heavy (non-hydrogen) atoms. The van der Waals surface area contributed by atoms with E-state index in [1.807, 2.05) is 20.9 Å². The first-order valence-corrected chi connectivity index (χ1v) is 9.78. The van der Waals surface area contributed by atoms with Crippen molar-refractivity contribution in [1.82, 2.24) is 20.4 Å². The minimum atomic E-state index is -1.07. The van der Waals surface area contributed by atoms with E-state index in [4.69, 9.17) is 4.74 Å². The van der Waals surface area contributed by atoms with Gasteiger partial charge in [-0.05, 0) is 33.6 Å². The lowest BCUT2D eigenvalue weighted by Crippen LogP contribution is -2.39. The topological polar surface area (TPSA) is 101 Å². The van der Waals surface area contributed by atoms with Crippen LogP contribution < -0.4 is 10.6 Å². The molecular weight excluding hydrogens is 346 g/mol. The minimum Gasteiger partial charge on any atom is -0.466 e. The first-order valence-electron chi connectivity index (χ1n) is 9.78. The summed E-state index contributed by atoms with van der Waals surface area (Å²) in [7, 11) is 1.82. The third-order valence-corrected chi connectivity index (χ3v) is 4.12. The van der Waals surface area contributed by atoms with Crippen molar-refractivity contribution in [2.24, 2.45) is 12.0 Å². The zero-order valence-corrected chi connectivity index (χ0v) is 17.1. The number of hydrogen-bond donors (Lipinski definition) is 3. The average molecular weight is 382 g/mol. The van der Waals surface area contributed by atoms with E-state index < -0.39 is 5.60 Å². The van der Waals surface area contributed by atoms with Crippen molar-refractivity contribution in [2.45, 2.75) is 58.5 Å².